The molecule has 3 aromatic heterocycles. The van der Waals surface area contributed by atoms with Crippen molar-refractivity contribution in [2.24, 2.45) is 11.1 Å². The SMILES string of the molecule is C[C@@H]1OCC2(CCN(c3cnc4c(N5CCCc6nc(C7=CCNCC7)ccc65)n[nH]c4n3)CC2)[C@@H]1N. The fourth-order valence-corrected chi connectivity index (χ4v) is 6.48. The highest BCUT2D eigenvalue weighted by atomic mass is 16.5. The number of nitrogens with two attached hydrogens (primary N) is 1. The first-order chi connectivity index (χ1) is 18.1. The molecule has 4 N–H and O–H groups in total. The van der Waals surface area contributed by atoms with Crippen LogP contribution < -0.4 is 20.9 Å². The molecule has 0 aliphatic carbocycles. The number of aromatic nitrogens is 5. The first-order valence-corrected chi connectivity index (χ1v) is 13.6. The summed E-state index contributed by atoms with van der Waals surface area (Å²) in [5.41, 5.74) is 12.8. The third-order valence-electron chi connectivity index (χ3n) is 8.85. The van der Waals surface area contributed by atoms with E-state index < -0.39 is 0 Å². The van der Waals surface area contributed by atoms with Crippen LogP contribution >= 0.6 is 0 Å². The first kappa shape index (κ1) is 23.1. The molecule has 7 rings (SSSR count). The van der Waals surface area contributed by atoms with E-state index in [1.54, 1.807) is 0 Å². The summed E-state index contributed by atoms with van der Waals surface area (Å²) in [4.78, 5) is 19.4. The minimum absolute atomic E-state index is 0.0918. The van der Waals surface area contributed by atoms with Crippen LogP contribution in [0.2, 0.25) is 0 Å². The molecule has 2 fully saturated rings. The zero-order chi connectivity index (χ0) is 25.0. The van der Waals surface area contributed by atoms with Gasteiger partial charge in [0.2, 0.25) is 0 Å². The first-order valence-electron chi connectivity index (χ1n) is 13.6. The molecule has 37 heavy (non-hydrogen) atoms. The minimum atomic E-state index is 0.0918. The van der Waals surface area contributed by atoms with Gasteiger partial charge in [-0.3, -0.25) is 10.1 Å². The fourth-order valence-electron chi connectivity index (χ4n) is 6.48. The van der Waals surface area contributed by atoms with Crippen molar-refractivity contribution in [3.63, 3.8) is 0 Å². The van der Waals surface area contributed by atoms with Crippen molar-refractivity contribution in [1.29, 1.82) is 0 Å². The summed E-state index contributed by atoms with van der Waals surface area (Å²) in [6.07, 6.45) is 9.34. The van der Waals surface area contributed by atoms with Crippen LogP contribution in [-0.4, -0.2) is 76.6 Å². The van der Waals surface area contributed by atoms with Gasteiger partial charge in [-0.1, -0.05) is 6.08 Å². The quantitative estimate of drug-likeness (QED) is 0.497. The largest absolute Gasteiger partial charge is 0.376 e. The van der Waals surface area contributed by atoms with Crippen LogP contribution in [0.1, 0.15) is 44.0 Å². The number of piperidine rings is 1. The number of anilines is 3. The Labute approximate surface area is 216 Å². The normalized spacial score (nSPS) is 25.5. The molecule has 3 aromatic rings. The van der Waals surface area contributed by atoms with Gasteiger partial charge in [-0.15, -0.1) is 0 Å². The highest BCUT2D eigenvalue weighted by molar-refractivity contribution is 5.87. The number of pyridine rings is 1. The summed E-state index contributed by atoms with van der Waals surface area (Å²) < 4.78 is 5.88. The van der Waals surface area contributed by atoms with Crippen LogP contribution in [0, 0.1) is 5.41 Å². The van der Waals surface area contributed by atoms with Crippen molar-refractivity contribution in [1.82, 2.24) is 30.5 Å². The molecule has 2 saturated heterocycles. The van der Waals surface area contributed by atoms with E-state index in [1.807, 2.05) is 6.20 Å². The second-order valence-electron chi connectivity index (χ2n) is 11.0. The Morgan fingerprint density at radius 2 is 2.03 bits per heavy atom. The van der Waals surface area contributed by atoms with Gasteiger partial charge in [-0.05, 0) is 63.3 Å². The highest BCUT2D eigenvalue weighted by Crippen LogP contribution is 2.42. The van der Waals surface area contributed by atoms with Crippen LogP contribution in [0.25, 0.3) is 16.7 Å². The zero-order valence-corrected chi connectivity index (χ0v) is 21.4. The molecule has 0 saturated carbocycles. The smallest absolute Gasteiger partial charge is 0.183 e. The van der Waals surface area contributed by atoms with Crippen LogP contribution in [0.5, 0.6) is 0 Å². The lowest BCUT2D eigenvalue weighted by molar-refractivity contribution is 0.0974. The molecule has 194 valence electrons. The van der Waals surface area contributed by atoms with E-state index in [0.717, 1.165) is 111 Å². The van der Waals surface area contributed by atoms with Gasteiger partial charge in [0.05, 0.1) is 36.0 Å². The Balaban J connectivity index is 1.13. The van der Waals surface area contributed by atoms with Crippen LogP contribution in [0.15, 0.2) is 24.4 Å². The topological polar surface area (TPSA) is 121 Å². The lowest BCUT2D eigenvalue weighted by Crippen LogP contribution is -2.50. The molecule has 0 bridgehead atoms. The lowest BCUT2D eigenvalue weighted by Gasteiger charge is -2.41. The molecule has 4 aliphatic heterocycles. The standard InChI is InChI=1S/C27H35N9O/c1-17-24(28)27(16-37-17)8-13-35(14-9-27)22-15-30-23-25(32-22)33-34-26(23)36-12-2-3-20-21(36)5-4-19(31-20)18-6-10-29-11-7-18/h4-6,15,17,24,29H,2-3,7-14,16,28H2,1H3,(H,32,33,34)/t17-,24+/m0/s1. The number of fused-ring (bicyclic) bond motifs is 2. The Hall–Kier alpha value is -3.08. The average molecular weight is 502 g/mol. The number of nitrogens with one attached hydrogen (secondary N) is 2. The number of hydrogen-bond donors (Lipinski definition) is 3. The maximum Gasteiger partial charge on any atom is 0.183 e. The summed E-state index contributed by atoms with van der Waals surface area (Å²) >= 11 is 0. The number of aryl methyl sites for hydroxylation is 1. The number of nitrogens with zero attached hydrogens (tertiary/aromatic N) is 6. The van der Waals surface area contributed by atoms with Crippen molar-refractivity contribution in [3.8, 4) is 0 Å². The summed E-state index contributed by atoms with van der Waals surface area (Å²) in [6.45, 7) is 7.48. The molecular weight excluding hydrogens is 466 g/mol. The van der Waals surface area contributed by atoms with Crippen LogP contribution in [-0.2, 0) is 11.2 Å². The maximum absolute atomic E-state index is 6.50. The van der Waals surface area contributed by atoms with Crippen molar-refractivity contribution < 1.29 is 4.74 Å². The van der Waals surface area contributed by atoms with E-state index in [2.05, 4.69) is 50.4 Å². The van der Waals surface area contributed by atoms with Gasteiger partial charge in [0, 0.05) is 37.6 Å². The van der Waals surface area contributed by atoms with E-state index in [-0.39, 0.29) is 17.6 Å². The average Bonchev–Trinajstić information content (AvgIpc) is 3.50. The van der Waals surface area contributed by atoms with E-state index in [1.165, 1.54) is 5.57 Å². The monoisotopic (exact) mass is 501 g/mol. The third kappa shape index (κ3) is 3.89. The highest BCUT2D eigenvalue weighted by Gasteiger charge is 2.47. The molecule has 0 amide bonds. The maximum atomic E-state index is 6.50. The Bertz CT molecular complexity index is 1340. The Kier molecular flexibility index (Phi) is 5.63. The molecular formula is C27H35N9O. The van der Waals surface area contributed by atoms with E-state index >= 15 is 0 Å². The molecule has 7 heterocycles. The molecule has 0 radical (unpaired) electrons. The van der Waals surface area contributed by atoms with Crippen molar-refractivity contribution in [3.05, 3.63) is 35.8 Å². The number of aromatic amines is 1. The summed E-state index contributed by atoms with van der Waals surface area (Å²) in [5.74, 6) is 1.71. The number of rotatable bonds is 3. The second-order valence-corrected chi connectivity index (χ2v) is 11.0. The zero-order valence-electron chi connectivity index (χ0n) is 21.4. The second kappa shape index (κ2) is 9.04. The lowest BCUT2D eigenvalue weighted by atomic mass is 9.73. The number of hydrogen-bond acceptors (Lipinski definition) is 9. The van der Waals surface area contributed by atoms with E-state index in [0.29, 0.717) is 0 Å². The van der Waals surface area contributed by atoms with E-state index in [4.69, 9.17) is 25.4 Å². The van der Waals surface area contributed by atoms with Crippen molar-refractivity contribution in [2.75, 3.05) is 49.1 Å². The van der Waals surface area contributed by atoms with Crippen molar-refractivity contribution >= 4 is 34.1 Å². The van der Waals surface area contributed by atoms with Gasteiger partial charge in [0.15, 0.2) is 17.0 Å². The fraction of sp³-hybridized carbons (Fsp3) is 0.556. The van der Waals surface area contributed by atoms with Gasteiger partial charge in [-0.25, -0.2) is 9.97 Å². The van der Waals surface area contributed by atoms with Crippen LogP contribution in [0.3, 0.4) is 0 Å². The summed E-state index contributed by atoms with van der Waals surface area (Å²) in [7, 11) is 0. The molecule has 0 aromatic carbocycles. The van der Waals surface area contributed by atoms with E-state index in [9.17, 15) is 0 Å². The van der Waals surface area contributed by atoms with Gasteiger partial charge in [0.1, 0.15) is 5.82 Å². The third-order valence-corrected chi connectivity index (χ3v) is 8.85. The molecule has 4 aliphatic rings. The molecule has 10 nitrogen and oxygen atoms in total. The number of H-pyrrole nitrogens is 1. The molecule has 2 atom stereocenters. The predicted molar refractivity (Wildman–Crippen MR) is 144 cm³/mol. The van der Waals surface area contributed by atoms with Gasteiger partial charge in [0.25, 0.3) is 0 Å². The number of ether oxygens (including phenoxy) is 1. The predicted octanol–water partition coefficient (Wildman–Crippen LogP) is 2.54. The molecule has 0 unspecified atom stereocenters. The van der Waals surface area contributed by atoms with Crippen LogP contribution in [0.4, 0.5) is 17.3 Å². The van der Waals surface area contributed by atoms with Gasteiger partial charge in [-0.2, -0.15) is 5.10 Å². The Morgan fingerprint density at radius 1 is 1.14 bits per heavy atom. The minimum Gasteiger partial charge on any atom is -0.376 e. The summed E-state index contributed by atoms with van der Waals surface area (Å²) in [6, 6.07) is 4.45. The summed E-state index contributed by atoms with van der Waals surface area (Å²) in [5, 5.41) is 11.2. The van der Waals surface area contributed by atoms with Gasteiger partial charge >= 0.3 is 0 Å². The van der Waals surface area contributed by atoms with Crippen molar-refractivity contribution in [2.45, 2.75) is 51.2 Å². The molecule has 10 heteroatoms. The molecule has 1 spiro atoms. The van der Waals surface area contributed by atoms with Gasteiger partial charge < -0.3 is 25.6 Å². The Morgan fingerprint density at radius 3 is 2.81 bits per heavy atom.